The SMILES string of the molecule is Cc1ccn(Cc2cc(F)cc(C(=N)N)c2)n1. The monoisotopic (exact) mass is 232 g/mol. The van der Waals surface area contributed by atoms with E-state index in [1.807, 2.05) is 19.2 Å². The molecule has 5 heteroatoms. The maximum absolute atomic E-state index is 13.3. The van der Waals surface area contributed by atoms with E-state index < -0.39 is 5.82 Å². The predicted octanol–water partition coefficient (Wildman–Crippen LogP) is 1.66. The molecule has 88 valence electrons. The number of hydrogen-bond acceptors (Lipinski definition) is 2. The molecule has 0 fully saturated rings. The lowest BCUT2D eigenvalue weighted by molar-refractivity contribution is 0.618. The van der Waals surface area contributed by atoms with E-state index in [2.05, 4.69) is 5.10 Å². The number of hydrogen-bond donors (Lipinski definition) is 2. The van der Waals surface area contributed by atoms with Crippen molar-refractivity contribution in [1.29, 1.82) is 5.41 Å². The zero-order valence-corrected chi connectivity index (χ0v) is 9.44. The standard InChI is InChI=1S/C12H13FN4/c1-8-2-3-17(16-8)7-9-4-10(12(14)15)6-11(13)5-9/h2-6H,7H2,1H3,(H3,14,15). The molecule has 1 aromatic heterocycles. The van der Waals surface area contributed by atoms with Crippen molar-refractivity contribution in [3.05, 3.63) is 53.1 Å². The van der Waals surface area contributed by atoms with E-state index in [1.165, 1.54) is 12.1 Å². The molecule has 0 radical (unpaired) electrons. The van der Waals surface area contributed by atoms with Crippen LogP contribution >= 0.6 is 0 Å². The molecular weight excluding hydrogens is 219 g/mol. The average Bonchev–Trinajstić information content (AvgIpc) is 2.63. The van der Waals surface area contributed by atoms with Crippen molar-refractivity contribution in [3.63, 3.8) is 0 Å². The molecular formula is C12H13FN4. The fourth-order valence-corrected chi connectivity index (χ4v) is 1.64. The third-order valence-electron chi connectivity index (χ3n) is 2.39. The highest BCUT2D eigenvalue weighted by atomic mass is 19.1. The summed E-state index contributed by atoms with van der Waals surface area (Å²) in [5.74, 6) is -0.529. The number of benzene rings is 1. The smallest absolute Gasteiger partial charge is 0.124 e. The molecule has 0 bridgehead atoms. The van der Waals surface area contributed by atoms with Gasteiger partial charge in [0.2, 0.25) is 0 Å². The van der Waals surface area contributed by atoms with Gasteiger partial charge in [-0.25, -0.2) is 4.39 Å². The molecule has 0 aliphatic heterocycles. The van der Waals surface area contributed by atoms with Crippen molar-refractivity contribution in [2.24, 2.45) is 5.73 Å². The first-order valence-corrected chi connectivity index (χ1v) is 5.18. The molecule has 2 rings (SSSR count). The number of rotatable bonds is 3. The first kappa shape index (κ1) is 11.3. The van der Waals surface area contributed by atoms with E-state index in [4.69, 9.17) is 11.1 Å². The Bertz CT molecular complexity index is 559. The van der Waals surface area contributed by atoms with Gasteiger partial charge < -0.3 is 5.73 Å². The number of nitrogens with one attached hydrogen (secondary N) is 1. The fourth-order valence-electron chi connectivity index (χ4n) is 1.64. The summed E-state index contributed by atoms with van der Waals surface area (Å²) >= 11 is 0. The summed E-state index contributed by atoms with van der Waals surface area (Å²) in [6, 6.07) is 6.25. The average molecular weight is 232 g/mol. The summed E-state index contributed by atoms with van der Waals surface area (Å²) in [6.45, 7) is 2.36. The maximum atomic E-state index is 13.3. The number of nitrogens with two attached hydrogens (primary N) is 1. The minimum atomic E-state index is -0.392. The number of halogens is 1. The van der Waals surface area contributed by atoms with Gasteiger partial charge in [0.25, 0.3) is 0 Å². The summed E-state index contributed by atoms with van der Waals surface area (Å²) in [6.07, 6.45) is 1.83. The minimum absolute atomic E-state index is 0.137. The van der Waals surface area contributed by atoms with Gasteiger partial charge in [0.05, 0.1) is 12.2 Å². The van der Waals surface area contributed by atoms with Gasteiger partial charge in [-0.3, -0.25) is 10.1 Å². The van der Waals surface area contributed by atoms with Crippen LogP contribution in [0.1, 0.15) is 16.8 Å². The second-order valence-corrected chi connectivity index (χ2v) is 3.92. The Morgan fingerprint density at radius 1 is 1.47 bits per heavy atom. The Hall–Kier alpha value is -2.17. The molecule has 17 heavy (non-hydrogen) atoms. The number of aryl methyl sites for hydroxylation is 1. The van der Waals surface area contributed by atoms with Crippen molar-refractivity contribution < 1.29 is 4.39 Å². The Labute approximate surface area is 98.4 Å². The number of nitrogen functional groups attached to an aromatic ring is 1. The number of amidine groups is 1. The first-order valence-electron chi connectivity index (χ1n) is 5.18. The minimum Gasteiger partial charge on any atom is -0.384 e. The van der Waals surface area contributed by atoms with Gasteiger partial charge >= 0.3 is 0 Å². The molecule has 2 aromatic rings. The maximum Gasteiger partial charge on any atom is 0.124 e. The highest BCUT2D eigenvalue weighted by Gasteiger charge is 2.04. The van der Waals surface area contributed by atoms with Crippen LogP contribution in [0.3, 0.4) is 0 Å². The molecule has 0 spiro atoms. The number of aromatic nitrogens is 2. The predicted molar refractivity (Wildman–Crippen MR) is 63.5 cm³/mol. The lowest BCUT2D eigenvalue weighted by Gasteiger charge is -2.05. The molecule has 1 aromatic carbocycles. The Balaban J connectivity index is 2.29. The molecule has 0 unspecified atom stereocenters. The van der Waals surface area contributed by atoms with Gasteiger partial charge in [0.15, 0.2) is 0 Å². The summed E-state index contributed by atoms with van der Waals surface area (Å²) < 4.78 is 15.0. The van der Waals surface area contributed by atoms with Gasteiger partial charge in [-0.1, -0.05) is 0 Å². The van der Waals surface area contributed by atoms with Crippen molar-refractivity contribution in [3.8, 4) is 0 Å². The summed E-state index contributed by atoms with van der Waals surface area (Å²) in [4.78, 5) is 0. The van der Waals surface area contributed by atoms with E-state index in [0.717, 1.165) is 11.3 Å². The van der Waals surface area contributed by atoms with Crippen molar-refractivity contribution in [2.45, 2.75) is 13.5 Å². The van der Waals surface area contributed by atoms with Crippen LogP contribution < -0.4 is 5.73 Å². The van der Waals surface area contributed by atoms with Gasteiger partial charge in [0.1, 0.15) is 11.7 Å². The lowest BCUT2D eigenvalue weighted by Crippen LogP contribution is -2.12. The Morgan fingerprint density at radius 2 is 2.24 bits per heavy atom. The molecule has 0 saturated carbocycles. The highest BCUT2D eigenvalue weighted by Crippen LogP contribution is 2.10. The van der Waals surface area contributed by atoms with Crippen LogP contribution in [-0.4, -0.2) is 15.6 Å². The zero-order valence-electron chi connectivity index (χ0n) is 9.44. The Kier molecular flexibility index (Phi) is 2.91. The molecule has 0 aliphatic rings. The highest BCUT2D eigenvalue weighted by molar-refractivity contribution is 5.95. The van der Waals surface area contributed by atoms with E-state index >= 15 is 0 Å². The van der Waals surface area contributed by atoms with Gasteiger partial charge in [-0.2, -0.15) is 5.10 Å². The second-order valence-electron chi connectivity index (χ2n) is 3.92. The van der Waals surface area contributed by atoms with E-state index in [0.29, 0.717) is 12.1 Å². The van der Waals surface area contributed by atoms with Crippen LogP contribution in [0.2, 0.25) is 0 Å². The van der Waals surface area contributed by atoms with Gasteiger partial charge in [0, 0.05) is 11.8 Å². The summed E-state index contributed by atoms with van der Waals surface area (Å²) in [5, 5.41) is 11.5. The van der Waals surface area contributed by atoms with Gasteiger partial charge in [-0.15, -0.1) is 0 Å². The van der Waals surface area contributed by atoms with Crippen molar-refractivity contribution in [1.82, 2.24) is 9.78 Å². The lowest BCUT2D eigenvalue weighted by atomic mass is 10.1. The fraction of sp³-hybridized carbons (Fsp3) is 0.167. The molecule has 1 heterocycles. The molecule has 0 amide bonds. The van der Waals surface area contributed by atoms with E-state index in [9.17, 15) is 4.39 Å². The number of nitrogens with zero attached hydrogens (tertiary/aromatic N) is 2. The third-order valence-corrected chi connectivity index (χ3v) is 2.39. The van der Waals surface area contributed by atoms with Crippen molar-refractivity contribution in [2.75, 3.05) is 0 Å². The Morgan fingerprint density at radius 3 is 2.82 bits per heavy atom. The first-order chi connectivity index (χ1) is 8.04. The quantitative estimate of drug-likeness (QED) is 0.624. The normalized spacial score (nSPS) is 10.5. The zero-order chi connectivity index (χ0) is 12.4. The molecule has 0 aliphatic carbocycles. The van der Waals surface area contributed by atoms with Crippen LogP contribution in [0, 0.1) is 18.2 Å². The van der Waals surface area contributed by atoms with Gasteiger partial charge in [-0.05, 0) is 36.8 Å². The molecule has 0 atom stereocenters. The van der Waals surface area contributed by atoms with Crippen LogP contribution in [0.25, 0.3) is 0 Å². The van der Waals surface area contributed by atoms with Crippen LogP contribution in [0.4, 0.5) is 4.39 Å². The van der Waals surface area contributed by atoms with Crippen LogP contribution in [-0.2, 0) is 6.54 Å². The molecule has 0 saturated heterocycles. The summed E-state index contributed by atoms with van der Waals surface area (Å²) in [5.41, 5.74) is 7.38. The van der Waals surface area contributed by atoms with Crippen molar-refractivity contribution >= 4 is 5.84 Å². The topological polar surface area (TPSA) is 67.7 Å². The van der Waals surface area contributed by atoms with Crippen LogP contribution in [0.15, 0.2) is 30.5 Å². The third kappa shape index (κ3) is 2.69. The van der Waals surface area contributed by atoms with E-state index in [-0.39, 0.29) is 5.84 Å². The second kappa shape index (κ2) is 4.37. The summed E-state index contributed by atoms with van der Waals surface area (Å²) in [7, 11) is 0. The molecule has 4 nitrogen and oxygen atoms in total. The van der Waals surface area contributed by atoms with E-state index in [1.54, 1.807) is 10.7 Å². The molecule has 3 N–H and O–H groups in total. The largest absolute Gasteiger partial charge is 0.384 e. The van der Waals surface area contributed by atoms with Crippen LogP contribution in [0.5, 0.6) is 0 Å².